The molecule has 0 saturated carbocycles. The molecule has 0 bridgehead atoms. The summed E-state index contributed by atoms with van der Waals surface area (Å²) < 4.78 is 12.1. The molecule has 0 atom stereocenters. The standard InChI is InChI=1S/C19H18N2O4S/c1-12(22)20-14-4-2-13(3-5-14)15-11-26-19-16(23)10-17(25-18(15)19)21-6-8-24-9-7-21/h2-5,10-11H,6-9H2,1H3,(H,20,22). The van der Waals surface area contributed by atoms with Crippen LogP contribution < -0.4 is 15.6 Å². The first-order valence-corrected chi connectivity index (χ1v) is 9.26. The van der Waals surface area contributed by atoms with Gasteiger partial charge in [-0.15, -0.1) is 11.3 Å². The lowest BCUT2D eigenvalue weighted by atomic mass is 10.1. The molecule has 6 nitrogen and oxygen atoms in total. The van der Waals surface area contributed by atoms with E-state index in [1.54, 1.807) is 6.07 Å². The largest absolute Gasteiger partial charge is 0.439 e. The third-order valence-corrected chi connectivity index (χ3v) is 5.25. The average Bonchev–Trinajstić information content (AvgIpc) is 3.07. The number of nitrogens with zero attached hydrogens (tertiary/aromatic N) is 1. The summed E-state index contributed by atoms with van der Waals surface area (Å²) in [7, 11) is 0. The molecule has 134 valence electrons. The van der Waals surface area contributed by atoms with E-state index >= 15 is 0 Å². The van der Waals surface area contributed by atoms with E-state index < -0.39 is 0 Å². The van der Waals surface area contributed by atoms with Gasteiger partial charge in [0.05, 0.1) is 13.2 Å². The summed E-state index contributed by atoms with van der Waals surface area (Å²) in [5, 5.41) is 4.68. The Labute approximate surface area is 154 Å². The summed E-state index contributed by atoms with van der Waals surface area (Å²) in [4.78, 5) is 25.7. The molecule has 1 aliphatic rings. The second kappa shape index (κ2) is 6.93. The Morgan fingerprint density at radius 2 is 1.92 bits per heavy atom. The van der Waals surface area contributed by atoms with Gasteiger partial charge in [-0.3, -0.25) is 9.59 Å². The summed E-state index contributed by atoms with van der Waals surface area (Å²) >= 11 is 1.39. The zero-order valence-corrected chi connectivity index (χ0v) is 15.1. The van der Waals surface area contributed by atoms with E-state index in [1.807, 2.05) is 34.5 Å². The summed E-state index contributed by atoms with van der Waals surface area (Å²) in [6.45, 7) is 4.15. The Kier molecular flexibility index (Phi) is 4.48. The van der Waals surface area contributed by atoms with Gasteiger partial charge < -0.3 is 19.4 Å². The topological polar surface area (TPSA) is 71.8 Å². The highest BCUT2D eigenvalue weighted by molar-refractivity contribution is 7.17. The number of ether oxygens (including phenoxy) is 1. The third kappa shape index (κ3) is 3.23. The van der Waals surface area contributed by atoms with Gasteiger partial charge in [0.2, 0.25) is 11.3 Å². The molecule has 1 amide bonds. The minimum Gasteiger partial charge on any atom is -0.439 e. The number of hydrogen-bond acceptors (Lipinski definition) is 6. The molecule has 0 radical (unpaired) electrons. The van der Waals surface area contributed by atoms with Crippen LogP contribution in [0, 0.1) is 0 Å². The van der Waals surface area contributed by atoms with Crippen molar-refractivity contribution in [2.24, 2.45) is 0 Å². The lowest BCUT2D eigenvalue weighted by molar-refractivity contribution is -0.114. The number of hydrogen-bond donors (Lipinski definition) is 1. The number of thiophene rings is 1. The Bertz CT molecular complexity index is 1000. The van der Waals surface area contributed by atoms with E-state index in [1.165, 1.54) is 18.3 Å². The third-order valence-electron chi connectivity index (χ3n) is 4.27. The van der Waals surface area contributed by atoms with Crippen molar-refractivity contribution in [3.8, 4) is 11.1 Å². The highest BCUT2D eigenvalue weighted by Crippen LogP contribution is 2.35. The van der Waals surface area contributed by atoms with Crippen molar-refractivity contribution in [2.45, 2.75) is 6.92 Å². The predicted molar refractivity (Wildman–Crippen MR) is 103 cm³/mol. The van der Waals surface area contributed by atoms with Gasteiger partial charge in [0.15, 0.2) is 11.5 Å². The van der Waals surface area contributed by atoms with Crippen molar-refractivity contribution in [1.29, 1.82) is 0 Å². The zero-order valence-electron chi connectivity index (χ0n) is 14.3. The van der Waals surface area contributed by atoms with Crippen molar-refractivity contribution >= 4 is 39.1 Å². The number of nitrogens with one attached hydrogen (secondary N) is 1. The molecule has 3 heterocycles. The molecular formula is C19H18N2O4S. The van der Waals surface area contributed by atoms with Crippen molar-refractivity contribution in [3.05, 3.63) is 45.9 Å². The molecule has 1 N–H and O–H groups in total. The van der Waals surface area contributed by atoms with Crippen LogP contribution in [0.1, 0.15) is 6.92 Å². The number of fused-ring (bicyclic) bond motifs is 1. The highest BCUT2D eigenvalue weighted by atomic mass is 32.1. The summed E-state index contributed by atoms with van der Waals surface area (Å²) in [6, 6.07) is 9.06. The van der Waals surface area contributed by atoms with Crippen LogP contribution in [0.25, 0.3) is 21.4 Å². The van der Waals surface area contributed by atoms with E-state index in [4.69, 9.17) is 9.15 Å². The zero-order chi connectivity index (χ0) is 18.1. The molecule has 4 rings (SSSR count). The van der Waals surface area contributed by atoms with Gasteiger partial charge in [-0.25, -0.2) is 0 Å². The van der Waals surface area contributed by atoms with Crippen LogP contribution in [0.15, 0.2) is 44.9 Å². The Morgan fingerprint density at radius 1 is 1.19 bits per heavy atom. The minimum atomic E-state index is -0.111. The number of rotatable bonds is 3. The molecule has 0 spiro atoms. The van der Waals surface area contributed by atoms with Gasteiger partial charge in [-0.2, -0.15) is 0 Å². The van der Waals surface area contributed by atoms with Crippen LogP contribution in [0.4, 0.5) is 11.6 Å². The lowest BCUT2D eigenvalue weighted by Gasteiger charge is -2.27. The Hall–Kier alpha value is -2.64. The van der Waals surface area contributed by atoms with E-state index in [0.717, 1.165) is 16.8 Å². The number of carbonyl (C=O) groups excluding carboxylic acids is 1. The molecule has 1 saturated heterocycles. The quantitative estimate of drug-likeness (QED) is 0.766. The maximum absolute atomic E-state index is 12.5. The highest BCUT2D eigenvalue weighted by Gasteiger charge is 2.18. The van der Waals surface area contributed by atoms with Crippen LogP contribution in [0.3, 0.4) is 0 Å². The lowest BCUT2D eigenvalue weighted by Crippen LogP contribution is -2.36. The van der Waals surface area contributed by atoms with Crippen LogP contribution in [-0.2, 0) is 9.53 Å². The smallest absolute Gasteiger partial charge is 0.221 e. The molecule has 0 unspecified atom stereocenters. The van der Waals surface area contributed by atoms with Gasteiger partial charge in [-0.1, -0.05) is 12.1 Å². The molecule has 1 aromatic carbocycles. The van der Waals surface area contributed by atoms with Crippen molar-refractivity contribution in [1.82, 2.24) is 0 Å². The van der Waals surface area contributed by atoms with E-state index in [0.29, 0.717) is 42.5 Å². The monoisotopic (exact) mass is 370 g/mol. The molecule has 1 fully saturated rings. The van der Waals surface area contributed by atoms with Gasteiger partial charge in [0.25, 0.3) is 0 Å². The molecule has 2 aromatic heterocycles. The molecule has 7 heteroatoms. The maximum atomic E-state index is 12.5. The second-order valence-corrected chi connectivity index (χ2v) is 6.99. The molecule has 0 aliphatic carbocycles. The number of benzene rings is 1. The molecule has 26 heavy (non-hydrogen) atoms. The number of carbonyl (C=O) groups is 1. The number of morpholine rings is 1. The van der Waals surface area contributed by atoms with E-state index in [9.17, 15) is 9.59 Å². The minimum absolute atomic E-state index is 0.0288. The fourth-order valence-electron chi connectivity index (χ4n) is 3.01. The number of amides is 1. The maximum Gasteiger partial charge on any atom is 0.221 e. The SMILES string of the molecule is CC(=O)Nc1ccc(-c2csc3c(=O)cc(N4CCOCC4)oc23)cc1. The van der Waals surface area contributed by atoms with Gasteiger partial charge >= 0.3 is 0 Å². The van der Waals surface area contributed by atoms with Crippen molar-refractivity contribution < 1.29 is 13.9 Å². The van der Waals surface area contributed by atoms with E-state index in [2.05, 4.69) is 5.32 Å². The van der Waals surface area contributed by atoms with Crippen molar-refractivity contribution in [3.63, 3.8) is 0 Å². The Balaban J connectivity index is 1.74. The normalized spacial score (nSPS) is 14.6. The first-order chi connectivity index (χ1) is 12.6. The summed E-state index contributed by atoms with van der Waals surface area (Å²) in [6.07, 6.45) is 0. The summed E-state index contributed by atoms with van der Waals surface area (Å²) in [5.74, 6) is 0.472. The molecule has 1 aliphatic heterocycles. The average molecular weight is 370 g/mol. The molecule has 3 aromatic rings. The fourth-order valence-corrected chi connectivity index (χ4v) is 3.92. The predicted octanol–water partition coefficient (Wildman–Crippen LogP) is 3.32. The van der Waals surface area contributed by atoms with Gasteiger partial charge in [0, 0.05) is 42.7 Å². The van der Waals surface area contributed by atoms with Crippen LogP contribution in [0.5, 0.6) is 0 Å². The fraction of sp³-hybridized carbons (Fsp3) is 0.263. The van der Waals surface area contributed by atoms with Gasteiger partial charge in [0.1, 0.15) is 4.70 Å². The van der Waals surface area contributed by atoms with Crippen LogP contribution >= 0.6 is 11.3 Å². The van der Waals surface area contributed by atoms with Crippen LogP contribution in [-0.4, -0.2) is 32.2 Å². The molecular weight excluding hydrogens is 352 g/mol. The second-order valence-electron chi connectivity index (χ2n) is 6.11. The Morgan fingerprint density at radius 3 is 2.62 bits per heavy atom. The van der Waals surface area contributed by atoms with Crippen LogP contribution in [0.2, 0.25) is 0 Å². The van der Waals surface area contributed by atoms with Gasteiger partial charge in [-0.05, 0) is 17.7 Å². The summed E-state index contributed by atoms with van der Waals surface area (Å²) in [5.41, 5.74) is 3.13. The van der Waals surface area contributed by atoms with Crippen molar-refractivity contribution in [2.75, 3.05) is 36.5 Å². The first-order valence-electron chi connectivity index (χ1n) is 8.38. The number of anilines is 2. The first kappa shape index (κ1) is 16.8. The van der Waals surface area contributed by atoms with E-state index in [-0.39, 0.29) is 11.3 Å².